The van der Waals surface area contributed by atoms with Crippen LogP contribution < -0.4 is 4.74 Å². The molecule has 1 heterocycles. The normalized spacial score (nSPS) is 20.6. The average molecular weight is 297 g/mol. The Morgan fingerprint density at radius 3 is 2.82 bits per heavy atom. The molecule has 3 rings (SSSR count). The lowest BCUT2D eigenvalue weighted by Gasteiger charge is -2.40. The second kappa shape index (κ2) is 4.29. The van der Waals surface area contributed by atoms with Crippen LogP contribution in [-0.2, 0) is 12.8 Å². The van der Waals surface area contributed by atoms with Crippen LogP contribution in [0, 0.1) is 5.41 Å². The van der Waals surface area contributed by atoms with Crippen LogP contribution >= 0.6 is 15.9 Å². The molecule has 1 fully saturated rings. The van der Waals surface area contributed by atoms with Crippen LogP contribution in [0.15, 0.2) is 16.6 Å². The highest BCUT2D eigenvalue weighted by atomic mass is 79.9. The third-order valence-corrected chi connectivity index (χ3v) is 4.60. The molecule has 1 N–H and O–H groups in total. The van der Waals surface area contributed by atoms with Crippen molar-refractivity contribution in [3.05, 3.63) is 27.7 Å². The zero-order valence-corrected chi connectivity index (χ0v) is 11.4. The van der Waals surface area contributed by atoms with Crippen molar-refractivity contribution in [2.75, 3.05) is 13.2 Å². The molecule has 0 amide bonds. The minimum atomic E-state index is 0.126. The maximum Gasteiger partial charge on any atom is 0.125 e. The molecule has 0 radical (unpaired) electrons. The molecular formula is C14H17BrO2. The molecule has 0 spiro atoms. The molecule has 1 saturated carbocycles. The first kappa shape index (κ1) is 11.5. The zero-order chi connectivity index (χ0) is 11.9. The van der Waals surface area contributed by atoms with E-state index in [1.54, 1.807) is 0 Å². The van der Waals surface area contributed by atoms with Crippen molar-refractivity contribution in [1.29, 1.82) is 0 Å². The first-order valence-corrected chi connectivity index (χ1v) is 7.07. The van der Waals surface area contributed by atoms with Gasteiger partial charge in [-0.2, -0.15) is 0 Å². The quantitative estimate of drug-likeness (QED) is 0.929. The minimum Gasteiger partial charge on any atom is -0.493 e. The Hall–Kier alpha value is -0.540. The second-order valence-electron chi connectivity index (χ2n) is 5.34. The van der Waals surface area contributed by atoms with Crippen LogP contribution in [0.2, 0.25) is 0 Å². The number of ether oxygens (including phenoxy) is 1. The maximum absolute atomic E-state index is 9.56. The lowest BCUT2D eigenvalue weighted by Crippen LogP contribution is -2.35. The number of halogens is 1. The van der Waals surface area contributed by atoms with Crippen molar-refractivity contribution < 1.29 is 9.84 Å². The van der Waals surface area contributed by atoms with E-state index in [1.165, 1.54) is 17.5 Å². The highest BCUT2D eigenvalue weighted by Gasteiger charge is 2.37. The van der Waals surface area contributed by atoms with Gasteiger partial charge in [-0.3, -0.25) is 0 Å². The van der Waals surface area contributed by atoms with Crippen LogP contribution in [0.5, 0.6) is 5.75 Å². The molecule has 92 valence electrons. The molecule has 17 heavy (non-hydrogen) atoms. The summed E-state index contributed by atoms with van der Waals surface area (Å²) in [6.45, 7) is 1.10. The van der Waals surface area contributed by atoms with Gasteiger partial charge in [0.15, 0.2) is 0 Å². The molecule has 1 aromatic rings. The van der Waals surface area contributed by atoms with Gasteiger partial charge in [-0.1, -0.05) is 22.4 Å². The van der Waals surface area contributed by atoms with Crippen LogP contribution in [0.1, 0.15) is 30.4 Å². The molecular weight excluding hydrogens is 280 g/mol. The number of hydrogen-bond donors (Lipinski definition) is 1. The third kappa shape index (κ3) is 2.00. The summed E-state index contributed by atoms with van der Waals surface area (Å²) in [4.78, 5) is 0. The summed E-state index contributed by atoms with van der Waals surface area (Å²) in [5.74, 6) is 1.08. The van der Waals surface area contributed by atoms with E-state index in [2.05, 4.69) is 28.1 Å². The summed E-state index contributed by atoms with van der Waals surface area (Å²) < 4.78 is 6.87. The largest absolute Gasteiger partial charge is 0.493 e. The molecule has 1 aliphatic carbocycles. The van der Waals surface area contributed by atoms with E-state index in [4.69, 9.17) is 4.74 Å². The molecule has 0 aromatic heterocycles. The Labute approximate surface area is 110 Å². The highest BCUT2D eigenvalue weighted by molar-refractivity contribution is 9.10. The number of aliphatic hydroxyl groups is 1. The molecule has 0 bridgehead atoms. The molecule has 1 aliphatic heterocycles. The molecule has 0 saturated heterocycles. The van der Waals surface area contributed by atoms with Gasteiger partial charge in [-0.15, -0.1) is 0 Å². The van der Waals surface area contributed by atoms with Gasteiger partial charge in [-0.25, -0.2) is 0 Å². The van der Waals surface area contributed by atoms with Gasteiger partial charge in [0.2, 0.25) is 0 Å². The van der Waals surface area contributed by atoms with Crippen LogP contribution in [-0.4, -0.2) is 18.3 Å². The van der Waals surface area contributed by atoms with Gasteiger partial charge in [0.05, 0.1) is 6.61 Å². The predicted octanol–water partition coefficient (Wildman–Crippen LogP) is 3.09. The summed E-state index contributed by atoms with van der Waals surface area (Å²) in [7, 11) is 0. The first-order chi connectivity index (χ1) is 8.22. The summed E-state index contributed by atoms with van der Waals surface area (Å²) in [6, 6.07) is 4.30. The van der Waals surface area contributed by atoms with Crippen molar-refractivity contribution in [2.45, 2.75) is 32.1 Å². The fraction of sp³-hybridized carbons (Fsp3) is 0.571. The molecule has 2 nitrogen and oxygen atoms in total. The monoisotopic (exact) mass is 296 g/mol. The third-order valence-electron chi connectivity index (χ3n) is 4.14. The Bertz CT molecular complexity index is 433. The number of benzene rings is 1. The zero-order valence-electron chi connectivity index (χ0n) is 9.84. The number of fused-ring (bicyclic) bond motifs is 1. The fourth-order valence-electron chi connectivity index (χ4n) is 2.95. The van der Waals surface area contributed by atoms with Crippen molar-refractivity contribution in [3.8, 4) is 5.75 Å². The molecule has 2 aliphatic rings. The summed E-state index contributed by atoms with van der Waals surface area (Å²) >= 11 is 3.57. The van der Waals surface area contributed by atoms with Crippen LogP contribution in [0.3, 0.4) is 0 Å². The van der Waals surface area contributed by atoms with Crippen LogP contribution in [0.4, 0.5) is 0 Å². The van der Waals surface area contributed by atoms with Gasteiger partial charge in [0.1, 0.15) is 5.75 Å². The maximum atomic E-state index is 9.56. The fourth-order valence-corrected chi connectivity index (χ4v) is 3.50. The van der Waals surface area contributed by atoms with E-state index >= 15 is 0 Å². The SMILES string of the molecule is OCC1(Cc2cc(Br)cc3c2OCC3)CCC1. The lowest BCUT2D eigenvalue weighted by molar-refractivity contribution is 0.0445. The van der Waals surface area contributed by atoms with Gasteiger partial charge in [-0.05, 0) is 47.9 Å². The second-order valence-corrected chi connectivity index (χ2v) is 6.26. The average Bonchev–Trinajstić information content (AvgIpc) is 2.71. The molecule has 0 atom stereocenters. The van der Waals surface area contributed by atoms with Gasteiger partial charge in [0.25, 0.3) is 0 Å². The number of rotatable bonds is 3. The molecule has 0 unspecified atom stereocenters. The smallest absolute Gasteiger partial charge is 0.125 e. The van der Waals surface area contributed by atoms with E-state index in [0.29, 0.717) is 6.61 Å². The van der Waals surface area contributed by atoms with Crippen LogP contribution in [0.25, 0.3) is 0 Å². The van der Waals surface area contributed by atoms with Crippen molar-refractivity contribution in [3.63, 3.8) is 0 Å². The Morgan fingerprint density at radius 1 is 1.35 bits per heavy atom. The van der Waals surface area contributed by atoms with E-state index < -0.39 is 0 Å². The lowest BCUT2D eigenvalue weighted by atomic mass is 9.66. The topological polar surface area (TPSA) is 29.5 Å². The Kier molecular flexibility index (Phi) is 2.91. The van der Waals surface area contributed by atoms with E-state index in [1.807, 2.05) is 0 Å². The van der Waals surface area contributed by atoms with Gasteiger partial charge >= 0.3 is 0 Å². The summed E-state index contributed by atoms with van der Waals surface area (Å²) in [5, 5.41) is 9.56. The van der Waals surface area contributed by atoms with E-state index in [9.17, 15) is 5.11 Å². The summed E-state index contributed by atoms with van der Waals surface area (Å²) in [6.07, 6.45) is 5.49. The van der Waals surface area contributed by atoms with Crippen molar-refractivity contribution in [2.24, 2.45) is 5.41 Å². The Morgan fingerprint density at radius 2 is 2.18 bits per heavy atom. The molecule has 1 aromatic carbocycles. The van der Waals surface area contributed by atoms with Crippen molar-refractivity contribution >= 4 is 15.9 Å². The van der Waals surface area contributed by atoms with E-state index in [-0.39, 0.29) is 5.41 Å². The van der Waals surface area contributed by atoms with E-state index in [0.717, 1.165) is 42.5 Å². The minimum absolute atomic E-state index is 0.126. The number of aliphatic hydroxyl groups excluding tert-OH is 1. The van der Waals surface area contributed by atoms with Gasteiger partial charge in [0, 0.05) is 17.5 Å². The van der Waals surface area contributed by atoms with Crippen molar-refractivity contribution in [1.82, 2.24) is 0 Å². The molecule has 3 heteroatoms. The first-order valence-electron chi connectivity index (χ1n) is 6.27. The number of hydrogen-bond acceptors (Lipinski definition) is 2. The summed E-state index contributed by atoms with van der Waals surface area (Å²) in [5.41, 5.74) is 2.70. The highest BCUT2D eigenvalue weighted by Crippen LogP contribution is 2.46. The Balaban J connectivity index is 1.92. The predicted molar refractivity (Wildman–Crippen MR) is 70.4 cm³/mol. The van der Waals surface area contributed by atoms with Gasteiger partial charge < -0.3 is 9.84 Å². The standard InChI is InChI=1S/C14H17BrO2/c15-12-6-10-2-5-17-13(10)11(7-12)8-14(9-16)3-1-4-14/h6-7,16H,1-5,8-9H2.